The fourth-order valence-electron chi connectivity index (χ4n) is 14.6. The zero-order chi connectivity index (χ0) is 104. The molecular formula is C120H92Ir4N12O4-8. The summed E-state index contributed by atoms with van der Waals surface area (Å²) in [6.45, 7) is 4.03. The molecule has 0 saturated heterocycles. The third-order valence-corrected chi connectivity index (χ3v) is 21.4. The van der Waals surface area contributed by atoms with Gasteiger partial charge in [-0.1, -0.05) is 170 Å². The van der Waals surface area contributed by atoms with Crippen molar-refractivity contribution >= 4 is 88.3 Å². The molecule has 140 heavy (non-hydrogen) atoms. The van der Waals surface area contributed by atoms with E-state index in [2.05, 4.69) is 167 Å². The Hall–Kier alpha value is -14.6. The van der Waals surface area contributed by atoms with E-state index in [-0.39, 0.29) is 108 Å². The van der Waals surface area contributed by atoms with Crippen molar-refractivity contribution < 1.29 is 115 Å². The summed E-state index contributed by atoms with van der Waals surface area (Å²) in [7, 11) is 0. The Bertz CT molecular complexity index is 8050. The second-order valence-electron chi connectivity index (χ2n) is 32.2. The number of hydrogen-bond acceptors (Lipinski definition) is 16. The Balaban J connectivity index is 0.000000145. The summed E-state index contributed by atoms with van der Waals surface area (Å²) in [6, 6.07) is 125. The van der Waals surface area contributed by atoms with E-state index in [1.54, 1.807) is 85.6 Å². The Kier molecular flexibility index (Phi) is 30.5. The molecule has 0 aliphatic rings. The summed E-state index contributed by atoms with van der Waals surface area (Å²) in [5.41, 5.74) is 23.0. The summed E-state index contributed by atoms with van der Waals surface area (Å²) >= 11 is 0. The molecule has 700 valence electrons. The van der Waals surface area contributed by atoms with E-state index in [0.29, 0.717) is 39.8 Å². The number of fused-ring (bicyclic) bond motifs is 12. The van der Waals surface area contributed by atoms with Gasteiger partial charge in [-0.15, -0.1) is 216 Å². The summed E-state index contributed by atoms with van der Waals surface area (Å²) in [5.74, 6) is 0.534. The molecule has 0 fully saturated rings. The van der Waals surface area contributed by atoms with Crippen LogP contribution in [-0.2, 0) is 85.8 Å². The van der Waals surface area contributed by atoms with Crippen molar-refractivity contribution in [3.05, 3.63) is 459 Å². The average molecular weight is 2550 g/mol. The van der Waals surface area contributed by atoms with Crippen LogP contribution in [-0.4, -0.2) is 59.8 Å². The Morgan fingerprint density at radius 2 is 0.607 bits per heavy atom. The number of furan rings is 4. The molecule has 0 aliphatic heterocycles. The molecule has 0 atom stereocenters. The van der Waals surface area contributed by atoms with Gasteiger partial charge in [0.1, 0.15) is 5.58 Å². The number of pyridine rings is 12. The van der Waals surface area contributed by atoms with Gasteiger partial charge in [-0.25, -0.2) is 15.0 Å². The van der Waals surface area contributed by atoms with E-state index in [0.717, 1.165) is 150 Å². The van der Waals surface area contributed by atoms with Gasteiger partial charge >= 0.3 is 0 Å². The SMILES string of the molecule is CC(C)(C)c1ccc(-c2[c-]cccc2)nc1.CC(C)c1ccc(-c2[c-]cccc2)nc1.Cc1ccc2oc3c(-c4ccccn4)[c-]ccc3c2n1.[2H]C([2H])([2H])c1ccc(-c2[c-]cccc2)nc1.[2H]C([2H])([2H])c1ccc2c(n1)oc1c(-c3ccccn3)[c-]ccc12.[2H]C([2H])([2H])c1ccc2c(n1)oc1c(-c3ccccn3)[c-]ccc12.[2H]C([2H])([2H])c1ccc2c(n1)oc1c(-c3ccccn3)[c-]ccc12.[Ir].[Ir].[Ir].[Ir].[c-]1ccccc1-c1ccccn1. The van der Waals surface area contributed by atoms with Crippen LogP contribution in [0.4, 0.5) is 0 Å². The second-order valence-corrected chi connectivity index (χ2v) is 32.2. The smallest absolute Gasteiger partial charge is 0.216 e. The minimum atomic E-state index is -2.26. The van der Waals surface area contributed by atoms with Crippen LogP contribution < -0.4 is 0 Å². The van der Waals surface area contributed by atoms with Crippen LogP contribution in [0.1, 0.15) is 96.5 Å². The number of nitrogens with zero attached hydrogens (tertiary/aromatic N) is 12. The summed E-state index contributed by atoms with van der Waals surface area (Å²) in [5, 5.41) is 5.93. The minimum absolute atomic E-state index is 0. The molecule has 0 saturated carbocycles. The zero-order valence-corrected chi connectivity index (χ0v) is 85.7. The summed E-state index contributed by atoms with van der Waals surface area (Å²) in [6.07, 6.45) is 14.0. The van der Waals surface area contributed by atoms with E-state index in [4.69, 9.17) is 34.1 Å². The van der Waals surface area contributed by atoms with Gasteiger partial charge in [0.15, 0.2) is 0 Å². The third kappa shape index (κ3) is 25.5. The summed E-state index contributed by atoms with van der Waals surface area (Å²) in [4.78, 5) is 51.6. The van der Waals surface area contributed by atoms with E-state index in [9.17, 15) is 0 Å². The molecule has 0 aliphatic carbocycles. The van der Waals surface area contributed by atoms with Gasteiger partial charge in [0.05, 0.1) is 27.8 Å². The normalized spacial score (nSPS) is 12.2. The molecule has 16 heterocycles. The van der Waals surface area contributed by atoms with E-state index >= 15 is 0 Å². The minimum Gasteiger partial charge on any atom is -0.499 e. The van der Waals surface area contributed by atoms with Crippen molar-refractivity contribution in [2.75, 3.05) is 0 Å². The first-order chi connectivity index (χ1) is 71.3. The van der Waals surface area contributed by atoms with E-state index < -0.39 is 27.4 Å². The number of aryl methyl sites for hydroxylation is 5. The first-order valence-electron chi connectivity index (χ1n) is 49.6. The van der Waals surface area contributed by atoms with Gasteiger partial charge in [0.2, 0.25) is 17.1 Å². The molecule has 4 radical (unpaired) electrons. The molecule has 16 aromatic heterocycles. The number of aromatic nitrogens is 12. The monoisotopic (exact) mass is 2550 g/mol. The van der Waals surface area contributed by atoms with Crippen molar-refractivity contribution in [2.24, 2.45) is 0 Å². The Morgan fingerprint density at radius 3 is 0.914 bits per heavy atom. The van der Waals surface area contributed by atoms with Crippen molar-refractivity contribution in [2.45, 2.75) is 80.3 Å². The Morgan fingerprint density at radius 1 is 0.271 bits per heavy atom. The summed E-state index contributed by atoms with van der Waals surface area (Å²) < 4.78 is 112. The molecule has 24 aromatic rings. The maximum absolute atomic E-state index is 7.47. The average Bonchev–Trinajstić information content (AvgIpc) is 1.61. The van der Waals surface area contributed by atoms with Crippen molar-refractivity contribution in [3.63, 3.8) is 0 Å². The van der Waals surface area contributed by atoms with Gasteiger partial charge in [-0.3, -0.25) is 4.98 Å². The van der Waals surface area contributed by atoms with Gasteiger partial charge in [-0.2, -0.15) is 0 Å². The van der Waals surface area contributed by atoms with Crippen LogP contribution >= 0.6 is 0 Å². The fraction of sp³-hybridized carbons (Fsp3) is 0.100. The molecule has 20 heteroatoms. The molecule has 16 nitrogen and oxygen atoms in total. The van der Waals surface area contributed by atoms with Gasteiger partial charge in [0.25, 0.3) is 0 Å². The largest absolute Gasteiger partial charge is 0.499 e. The van der Waals surface area contributed by atoms with Crippen LogP contribution in [0.25, 0.3) is 178 Å². The van der Waals surface area contributed by atoms with Crippen LogP contribution in [0.3, 0.4) is 0 Å². The quantitative estimate of drug-likeness (QED) is 0.123. The molecule has 24 rings (SSSR count). The second kappa shape index (κ2) is 49.1. The first-order valence-corrected chi connectivity index (χ1v) is 43.6. The molecule has 0 spiro atoms. The van der Waals surface area contributed by atoms with Gasteiger partial charge in [-0.05, 0) is 192 Å². The molecule has 0 amide bonds. The van der Waals surface area contributed by atoms with Crippen LogP contribution in [0, 0.1) is 82.9 Å². The van der Waals surface area contributed by atoms with Crippen molar-refractivity contribution in [1.82, 2.24) is 59.8 Å². The maximum Gasteiger partial charge on any atom is 0.216 e. The van der Waals surface area contributed by atoms with Gasteiger partial charge < -0.3 is 57.5 Å². The molecule has 0 N–H and O–H groups in total. The van der Waals surface area contributed by atoms with Crippen molar-refractivity contribution in [1.29, 1.82) is 0 Å². The van der Waals surface area contributed by atoms with Gasteiger partial charge in [0, 0.05) is 185 Å². The first kappa shape index (κ1) is 86.9. The molecule has 0 bridgehead atoms. The van der Waals surface area contributed by atoms with E-state index in [1.807, 2.05) is 244 Å². The number of hydrogen-bond donors (Lipinski definition) is 0. The molecule has 8 aromatic carbocycles. The van der Waals surface area contributed by atoms with Crippen molar-refractivity contribution in [3.8, 4) is 90.1 Å². The number of benzene rings is 8. The predicted molar refractivity (Wildman–Crippen MR) is 545 cm³/mol. The van der Waals surface area contributed by atoms with Crippen LogP contribution in [0.2, 0.25) is 0 Å². The molecular weight excluding hydrogens is 2440 g/mol. The predicted octanol–water partition coefficient (Wildman–Crippen LogP) is 29.5. The topological polar surface area (TPSA) is 207 Å². The Labute approximate surface area is 885 Å². The van der Waals surface area contributed by atoms with Crippen LogP contribution in [0.15, 0.2) is 389 Å². The third-order valence-electron chi connectivity index (χ3n) is 21.4. The molecule has 0 unspecified atom stereocenters. The van der Waals surface area contributed by atoms with Crippen LogP contribution in [0.5, 0.6) is 0 Å². The van der Waals surface area contributed by atoms with E-state index in [1.165, 1.54) is 35.5 Å². The standard InChI is InChI=1S/4C17H11N2O.C15H16N.C14H14N.C12H10N.C11H8N.4Ir/c3*1-11-8-9-13-12-5-4-6-14(15-7-2-3-10-18-15)16(12)20-17(13)19-11;1-11-8-9-15-16(19-11)13-6-4-5-12(17(13)20-15)14-7-2-3-10-18-14;1-15(2,3)13-9-10-14(16-11-13)12-7-5-4-6-8-12;1-11(2)13-8-9-14(15-10-13)12-6-4-3-5-7-12;1-10-7-8-12(13-9-10)11-5-3-2-4-6-11;1-2-6-10(7-3-1)11-8-4-5-9-12-11;;;;/h3*2-5,7-10H,1H3;2-4,6-10H,1H3;4-7,9-11H,1-3H3;3-6,8-11H,1-2H3;2-5,7-9H,1H3;1-6,8-9H;;;;/q8*-1;;;;/i3*1D3;;;;1D3;;;;;. The maximum atomic E-state index is 7.47. The zero-order valence-electron chi connectivity index (χ0n) is 88.1. The fourth-order valence-corrected chi connectivity index (χ4v) is 14.6. The number of rotatable bonds is 9.